The monoisotopic (exact) mass is 208 g/mol. The van der Waals surface area contributed by atoms with E-state index in [0.717, 1.165) is 6.42 Å². The average Bonchev–Trinajstić information content (AvgIpc) is 2.25. The van der Waals surface area contributed by atoms with Gasteiger partial charge in [0.25, 0.3) is 0 Å². The van der Waals surface area contributed by atoms with Crippen LogP contribution in [0.25, 0.3) is 0 Å². The van der Waals surface area contributed by atoms with Gasteiger partial charge in [-0.25, -0.2) is 0 Å². The van der Waals surface area contributed by atoms with E-state index in [9.17, 15) is 0 Å². The van der Waals surface area contributed by atoms with Gasteiger partial charge in [0.15, 0.2) is 0 Å². The van der Waals surface area contributed by atoms with E-state index in [0.29, 0.717) is 6.04 Å². The highest BCUT2D eigenvalue weighted by Crippen LogP contribution is 2.07. The second kappa shape index (κ2) is 6.87. The van der Waals surface area contributed by atoms with Crippen LogP contribution in [0, 0.1) is 12.3 Å². The molecule has 0 unspecified atom stereocenters. The molecular weight excluding hydrogens is 184 g/mol. The van der Waals surface area contributed by atoms with Gasteiger partial charge in [-0.2, -0.15) is 0 Å². The highest BCUT2D eigenvalue weighted by molar-refractivity contribution is 4.83. The van der Waals surface area contributed by atoms with Crippen molar-refractivity contribution < 1.29 is 0 Å². The maximum atomic E-state index is 5.23. The summed E-state index contributed by atoms with van der Waals surface area (Å²) in [6, 6.07) is 0.702. The fourth-order valence-corrected chi connectivity index (χ4v) is 2.07. The molecular formula is C13H24N2. The van der Waals surface area contributed by atoms with E-state index in [4.69, 9.17) is 6.42 Å². The fourth-order valence-electron chi connectivity index (χ4n) is 2.07. The predicted molar refractivity (Wildman–Crippen MR) is 65.8 cm³/mol. The lowest BCUT2D eigenvalue weighted by molar-refractivity contribution is 0.107. The number of hydrogen-bond acceptors (Lipinski definition) is 2. The van der Waals surface area contributed by atoms with Crippen molar-refractivity contribution in [2.45, 2.75) is 39.2 Å². The van der Waals surface area contributed by atoms with E-state index in [1.165, 1.54) is 45.6 Å². The van der Waals surface area contributed by atoms with Crippen molar-refractivity contribution in [3.05, 3.63) is 0 Å². The third kappa shape index (κ3) is 4.68. The summed E-state index contributed by atoms with van der Waals surface area (Å²) in [6.07, 6.45) is 8.60. The summed E-state index contributed by atoms with van der Waals surface area (Å²) >= 11 is 0. The first-order chi connectivity index (χ1) is 7.24. The zero-order chi connectivity index (χ0) is 11.1. The lowest BCUT2D eigenvalue weighted by atomic mass is 10.2. The second-order valence-corrected chi connectivity index (χ2v) is 4.63. The zero-order valence-electron chi connectivity index (χ0n) is 10.2. The lowest BCUT2D eigenvalue weighted by Gasteiger charge is -2.36. The van der Waals surface area contributed by atoms with Crippen LogP contribution in [0.15, 0.2) is 0 Å². The van der Waals surface area contributed by atoms with Crippen LogP contribution in [-0.4, -0.2) is 48.6 Å². The minimum atomic E-state index is 0.702. The molecule has 1 fully saturated rings. The number of unbranched alkanes of at least 4 members (excludes halogenated alkanes) is 2. The van der Waals surface area contributed by atoms with Crippen molar-refractivity contribution in [2.75, 3.05) is 32.7 Å². The van der Waals surface area contributed by atoms with Gasteiger partial charge in [-0.05, 0) is 33.2 Å². The molecule has 0 aromatic heterocycles. The predicted octanol–water partition coefficient (Wildman–Crippen LogP) is 1.82. The van der Waals surface area contributed by atoms with Gasteiger partial charge in [0.1, 0.15) is 0 Å². The number of hydrogen-bond donors (Lipinski definition) is 0. The van der Waals surface area contributed by atoms with Gasteiger partial charge in [0.05, 0.1) is 0 Å². The molecule has 1 rings (SSSR count). The van der Waals surface area contributed by atoms with Gasteiger partial charge < -0.3 is 4.90 Å². The highest BCUT2D eigenvalue weighted by Gasteiger charge is 2.17. The summed E-state index contributed by atoms with van der Waals surface area (Å²) in [5.74, 6) is 2.70. The Kier molecular flexibility index (Phi) is 5.75. The Balaban J connectivity index is 2.07. The molecule has 86 valence electrons. The first kappa shape index (κ1) is 12.5. The van der Waals surface area contributed by atoms with Crippen molar-refractivity contribution in [1.82, 2.24) is 9.80 Å². The van der Waals surface area contributed by atoms with Gasteiger partial charge in [-0.3, -0.25) is 4.90 Å². The normalized spacial score (nSPS) is 19.3. The molecule has 0 amide bonds. The van der Waals surface area contributed by atoms with E-state index in [-0.39, 0.29) is 0 Å². The molecule has 1 aliphatic rings. The molecule has 0 saturated carbocycles. The van der Waals surface area contributed by atoms with E-state index in [1.807, 2.05) is 0 Å². The molecule has 0 aliphatic carbocycles. The second-order valence-electron chi connectivity index (χ2n) is 4.63. The molecule has 0 aromatic rings. The van der Waals surface area contributed by atoms with Crippen LogP contribution >= 0.6 is 0 Å². The van der Waals surface area contributed by atoms with Gasteiger partial charge in [0.2, 0.25) is 0 Å². The summed E-state index contributed by atoms with van der Waals surface area (Å²) in [5.41, 5.74) is 0. The lowest BCUT2D eigenvalue weighted by Crippen LogP contribution is -2.48. The molecule has 15 heavy (non-hydrogen) atoms. The molecule has 0 bridgehead atoms. The number of nitrogens with zero attached hydrogens (tertiary/aromatic N) is 2. The quantitative estimate of drug-likeness (QED) is 0.502. The van der Waals surface area contributed by atoms with Gasteiger partial charge in [0, 0.05) is 38.6 Å². The van der Waals surface area contributed by atoms with Gasteiger partial charge in [-0.1, -0.05) is 0 Å². The first-order valence-corrected chi connectivity index (χ1v) is 6.14. The number of rotatable bonds is 5. The molecule has 0 aromatic carbocycles. The molecule has 1 saturated heterocycles. The summed E-state index contributed by atoms with van der Waals surface area (Å²) in [4.78, 5) is 5.12. The Morgan fingerprint density at radius 2 is 1.80 bits per heavy atom. The van der Waals surface area contributed by atoms with Crippen molar-refractivity contribution in [2.24, 2.45) is 0 Å². The van der Waals surface area contributed by atoms with Crippen LogP contribution in [-0.2, 0) is 0 Å². The van der Waals surface area contributed by atoms with E-state index < -0.39 is 0 Å². The Bertz CT molecular complexity index is 197. The topological polar surface area (TPSA) is 6.48 Å². The van der Waals surface area contributed by atoms with Crippen LogP contribution < -0.4 is 0 Å². The van der Waals surface area contributed by atoms with E-state index in [2.05, 4.69) is 29.6 Å². The molecule has 2 heteroatoms. The Morgan fingerprint density at radius 1 is 1.13 bits per heavy atom. The van der Waals surface area contributed by atoms with Crippen LogP contribution in [0.1, 0.15) is 33.1 Å². The molecule has 0 radical (unpaired) electrons. The van der Waals surface area contributed by atoms with Gasteiger partial charge >= 0.3 is 0 Å². The SMILES string of the molecule is C#CCCCCN1CCN(C(C)C)CC1. The number of terminal acetylenes is 1. The van der Waals surface area contributed by atoms with E-state index in [1.54, 1.807) is 0 Å². The molecule has 0 spiro atoms. The fraction of sp³-hybridized carbons (Fsp3) is 0.846. The summed E-state index contributed by atoms with van der Waals surface area (Å²) in [7, 11) is 0. The molecule has 0 N–H and O–H groups in total. The summed E-state index contributed by atoms with van der Waals surface area (Å²) in [6.45, 7) is 10.7. The molecule has 0 atom stereocenters. The molecule has 2 nitrogen and oxygen atoms in total. The van der Waals surface area contributed by atoms with Crippen molar-refractivity contribution in [1.29, 1.82) is 0 Å². The molecule has 1 aliphatic heterocycles. The first-order valence-electron chi connectivity index (χ1n) is 6.14. The largest absolute Gasteiger partial charge is 0.301 e. The third-order valence-corrected chi connectivity index (χ3v) is 3.18. The highest BCUT2D eigenvalue weighted by atomic mass is 15.3. The summed E-state index contributed by atoms with van der Waals surface area (Å²) in [5, 5.41) is 0. The Labute approximate surface area is 94.6 Å². The Morgan fingerprint density at radius 3 is 2.33 bits per heavy atom. The standard InChI is InChI=1S/C13H24N2/c1-4-5-6-7-8-14-9-11-15(12-10-14)13(2)3/h1,13H,5-12H2,2-3H3. The van der Waals surface area contributed by atoms with Crippen LogP contribution in [0.2, 0.25) is 0 Å². The zero-order valence-corrected chi connectivity index (χ0v) is 10.2. The van der Waals surface area contributed by atoms with E-state index >= 15 is 0 Å². The van der Waals surface area contributed by atoms with Gasteiger partial charge in [-0.15, -0.1) is 12.3 Å². The minimum Gasteiger partial charge on any atom is -0.301 e. The van der Waals surface area contributed by atoms with Crippen molar-refractivity contribution in [3.8, 4) is 12.3 Å². The van der Waals surface area contributed by atoms with Crippen molar-refractivity contribution >= 4 is 0 Å². The maximum Gasteiger partial charge on any atom is 0.0113 e. The average molecular weight is 208 g/mol. The van der Waals surface area contributed by atoms with Crippen LogP contribution in [0.3, 0.4) is 0 Å². The van der Waals surface area contributed by atoms with Crippen LogP contribution in [0.4, 0.5) is 0 Å². The summed E-state index contributed by atoms with van der Waals surface area (Å²) < 4.78 is 0. The molecule has 1 heterocycles. The van der Waals surface area contributed by atoms with Crippen LogP contribution in [0.5, 0.6) is 0 Å². The number of piperazine rings is 1. The van der Waals surface area contributed by atoms with Crippen molar-refractivity contribution in [3.63, 3.8) is 0 Å². The Hall–Kier alpha value is -0.520. The minimum absolute atomic E-state index is 0.702. The smallest absolute Gasteiger partial charge is 0.0113 e. The maximum absolute atomic E-state index is 5.23. The third-order valence-electron chi connectivity index (χ3n) is 3.18.